The Morgan fingerprint density at radius 2 is 2.25 bits per heavy atom. The normalized spacial score (nSPS) is 12.2. The van der Waals surface area contributed by atoms with E-state index in [1.54, 1.807) is 0 Å². The largest absolute Gasteiger partial charge is 0.396 e. The molecular weight excluding hydrogens is 251 g/mol. The highest BCUT2D eigenvalue weighted by atomic mass is 35.5. The Morgan fingerprint density at radius 3 is 2.88 bits per heavy atom. The minimum Gasteiger partial charge on any atom is -0.396 e. The third-order valence-corrected chi connectivity index (χ3v) is 2.47. The van der Waals surface area contributed by atoms with Gasteiger partial charge in [-0.25, -0.2) is 4.98 Å². The number of halogens is 2. The molecule has 0 saturated carbocycles. The SMILES string of the molecule is CC(CO)CNC(=O)c1nc(Cl)ccc1Cl. The van der Waals surface area contributed by atoms with Crippen molar-refractivity contribution in [2.75, 3.05) is 13.2 Å². The van der Waals surface area contributed by atoms with Gasteiger partial charge in [0.05, 0.1) is 5.02 Å². The predicted octanol–water partition coefficient (Wildman–Crippen LogP) is 1.75. The van der Waals surface area contributed by atoms with Crippen molar-refractivity contribution in [3.63, 3.8) is 0 Å². The summed E-state index contributed by atoms with van der Waals surface area (Å²) in [5.41, 5.74) is 0.0966. The molecule has 1 atom stereocenters. The summed E-state index contributed by atoms with van der Waals surface area (Å²) in [5.74, 6) is -0.408. The van der Waals surface area contributed by atoms with Gasteiger partial charge in [-0.1, -0.05) is 30.1 Å². The molecule has 1 aromatic rings. The molecule has 1 amide bonds. The number of aromatic nitrogens is 1. The first-order valence-corrected chi connectivity index (χ1v) is 5.51. The van der Waals surface area contributed by atoms with E-state index in [9.17, 15) is 4.79 Å². The molecule has 0 aliphatic carbocycles. The van der Waals surface area contributed by atoms with Gasteiger partial charge in [-0.3, -0.25) is 4.79 Å². The molecule has 4 nitrogen and oxygen atoms in total. The summed E-state index contributed by atoms with van der Waals surface area (Å²) in [7, 11) is 0. The van der Waals surface area contributed by atoms with Gasteiger partial charge >= 0.3 is 0 Å². The lowest BCUT2D eigenvalue weighted by atomic mass is 10.2. The van der Waals surface area contributed by atoms with E-state index in [-0.39, 0.29) is 28.4 Å². The van der Waals surface area contributed by atoms with Crippen LogP contribution in [-0.2, 0) is 0 Å². The number of nitrogens with one attached hydrogen (secondary N) is 1. The molecule has 0 radical (unpaired) electrons. The number of hydrogen-bond donors (Lipinski definition) is 2. The molecule has 6 heteroatoms. The van der Waals surface area contributed by atoms with Gasteiger partial charge in [0.15, 0.2) is 0 Å². The molecule has 16 heavy (non-hydrogen) atoms. The van der Waals surface area contributed by atoms with Crippen LogP contribution in [0.1, 0.15) is 17.4 Å². The number of rotatable bonds is 4. The van der Waals surface area contributed by atoms with Gasteiger partial charge in [0.25, 0.3) is 5.91 Å². The van der Waals surface area contributed by atoms with Gasteiger partial charge in [-0.15, -0.1) is 0 Å². The minimum atomic E-state index is -0.396. The predicted molar refractivity (Wildman–Crippen MR) is 62.8 cm³/mol. The van der Waals surface area contributed by atoms with Crippen LogP contribution < -0.4 is 5.32 Å². The number of amides is 1. The third kappa shape index (κ3) is 3.63. The molecule has 1 rings (SSSR count). The maximum atomic E-state index is 11.6. The van der Waals surface area contributed by atoms with E-state index in [0.717, 1.165) is 0 Å². The second-order valence-electron chi connectivity index (χ2n) is 3.46. The Morgan fingerprint density at radius 1 is 1.56 bits per heavy atom. The van der Waals surface area contributed by atoms with Crippen molar-refractivity contribution in [2.24, 2.45) is 5.92 Å². The highest BCUT2D eigenvalue weighted by Crippen LogP contribution is 2.16. The molecule has 1 heterocycles. The number of pyridine rings is 1. The number of hydrogen-bond acceptors (Lipinski definition) is 3. The van der Waals surface area contributed by atoms with Gasteiger partial charge in [-0.05, 0) is 18.1 Å². The first kappa shape index (κ1) is 13.2. The molecule has 1 unspecified atom stereocenters. The van der Waals surface area contributed by atoms with Gasteiger partial charge in [0, 0.05) is 13.2 Å². The zero-order chi connectivity index (χ0) is 12.1. The topological polar surface area (TPSA) is 62.2 Å². The molecule has 0 aliphatic heterocycles. The summed E-state index contributed by atoms with van der Waals surface area (Å²) in [6.45, 7) is 2.18. The second-order valence-corrected chi connectivity index (χ2v) is 4.26. The van der Waals surface area contributed by atoms with Crippen LogP contribution >= 0.6 is 23.2 Å². The molecule has 0 spiro atoms. The monoisotopic (exact) mass is 262 g/mol. The Bertz CT molecular complexity index is 385. The number of aliphatic hydroxyl groups is 1. The quantitative estimate of drug-likeness (QED) is 0.813. The van der Waals surface area contributed by atoms with E-state index in [0.29, 0.717) is 6.54 Å². The number of aliphatic hydroxyl groups excluding tert-OH is 1. The average molecular weight is 263 g/mol. The molecule has 88 valence electrons. The molecule has 0 aliphatic rings. The average Bonchev–Trinajstić information content (AvgIpc) is 2.28. The van der Waals surface area contributed by atoms with Gasteiger partial charge in [-0.2, -0.15) is 0 Å². The fourth-order valence-electron chi connectivity index (χ4n) is 0.993. The second kappa shape index (κ2) is 6.03. The summed E-state index contributed by atoms with van der Waals surface area (Å²) >= 11 is 11.5. The van der Waals surface area contributed by atoms with Crippen LogP contribution in [-0.4, -0.2) is 29.1 Å². The first-order chi connectivity index (χ1) is 7.54. The van der Waals surface area contributed by atoms with Crippen molar-refractivity contribution in [3.8, 4) is 0 Å². The molecule has 0 saturated heterocycles. The Balaban J connectivity index is 2.69. The van der Waals surface area contributed by atoms with E-state index >= 15 is 0 Å². The van der Waals surface area contributed by atoms with Crippen LogP contribution in [0.5, 0.6) is 0 Å². The molecular formula is C10H12Cl2N2O2. The molecule has 0 aromatic carbocycles. The van der Waals surface area contributed by atoms with Crippen molar-refractivity contribution in [2.45, 2.75) is 6.92 Å². The smallest absolute Gasteiger partial charge is 0.271 e. The standard InChI is InChI=1S/C10H12Cl2N2O2/c1-6(5-15)4-13-10(16)9-7(11)2-3-8(12)14-9/h2-3,6,15H,4-5H2,1H3,(H,13,16). The van der Waals surface area contributed by atoms with Crippen molar-refractivity contribution < 1.29 is 9.90 Å². The van der Waals surface area contributed by atoms with Gasteiger partial charge in [0.2, 0.25) is 0 Å². The summed E-state index contributed by atoms with van der Waals surface area (Å²) in [6, 6.07) is 3.03. The Hall–Kier alpha value is -0.840. The fourth-order valence-corrected chi connectivity index (χ4v) is 1.33. The number of nitrogens with zero attached hydrogens (tertiary/aromatic N) is 1. The maximum absolute atomic E-state index is 11.6. The van der Waals surface area contributed by atoms with Crippen molar-refractivity contribution in [1.82, 2.24) is 10.3 Å². The molecule has 1 aromatic heterocycles. The van der Waals surface area contributed by atoms with Crippen LogP contribution in [0.3, 0.4) is 0 Å². The van der Waals surface area contributed by atoms with Crippen LogP contribution in [0.2, 0.25) is 10.2 Å². The maximum Gasteiger partial charge on any atom is 0.271 e. The third-order valence-electron chi connectivity index (χ3n) is 1.95. The Kier molecular flexibility index (Phi) is 4.99. The molecule has 0 fully saturated rings. The van der Waals surface area contributed by atoms with E-state index in [4.69, 9.17) is 28.3 Å². The fraction of sp³-hybridized carbons (Fsp3) is 0.400. The summed E-state index contributed by atoms with van der Waals surface area (Å²) in [4.78, 5) is 15.5. The van der Waals surface area contributed by atoms with E-state index in [1.807, 2.05) is 6.92 Å². The lowest BCUT2D eigenvalue weighted by Gasteiger charge is -2.09. The molecule has 2 N–H and O–H groups in total. The summed E-state index contributed by atoms with van der Waals surface area (Å²) in [6.07, 6.45) is 0. The highest BCUT2D eigenvalue weighted by Gasteiger charge is 2.13. The Labute approximate surface area is 104 Å². The van der Waals surface area contributed by atoms with Crippen LogP contribution in [0.25, 0.3) is 0 Å². The van der Waals surface area contributed by atoms with Gasteiger partial charge in [0.1, 0.15) is 10.8 Å². The van der Waals surface area contributed by atoms with Crippen LogP contribution in [0.15, 0.2) is 12.1 Å². The minimum absolute atomic E-state index is 0.0109. The van der Waals surface area contributed by atoms with Crippen molar-refractivity contribution >= 4 is 29.1 Å². The summed E-state index contributed by atoms with van der Waals surface area (Å²) in [5, 5.41) is 11.9. The first-order valence-electron chi connectivity index (χ1n) is 4.75. The van der Waals surface area contributed by atoms with Crippen LogP contribution in [0.4, 0.5) is 0 Å². The summed E-state index contributed by atoms with van der Waals surface area (Å²) < 4.78 is 0. The lowest BCUT2D eigenvalue weighted by molar-refractivity contribution is 0.0937. The number of carbonyl (C=O) groups excluding carboxylic acids is 1. The zero-order valence-corrected chi connectivity index (χ0v) is 10.2. The highest BCUT2D eigenvalue weighted by molar-refractivity contribution is 6.34. The lowest BCUT2D eigenvalue weighted by Crippen LogP contribution is -2.30. The van der Waals surface area contributed by atoms with E-state index < -0.39 is 5.91 Å². The number of carbonyl (C=O) groups is 1. The van der Waals surface area contributed by atoms with Crippen molar-refractivity contribution in [1.29, 1.82) is 0 Å². The van der Waals surface area contributed by atoms with E-state index in [2.05, 4.69) is 10.3 Å². The van der Waals surface area contributed by atoms with E-state index in [1.165, 1.54) is 12.1 Å². The zero-order valence-electron chi connectivity index (χ0n) is 8.70. The van der Waals surface area contributed by atoms with Gasteiger partial charge < -0.3 is 10.4 Å². The molecule has 0 bridgehead atoms. The van der Waals surface area contributed by atoms with Crippen molar-refractivity contribution in [3.05, 3.63) is 28.0 Å². The van der Waals surface area contributed by atoms with Crippen LogP contribution in [0, 0.1) is 5.92 Å².